The van der Waals surface area contributed by atoms with E-state index in [1.54, 1.807) is 11.1 Å². The van der Waals surface area contributed by atoms with E-state index in [9.17, 15) is 9.59 Å². The number of hydrogen-bond acceptors (Lipinski definition) is 4. The van der Waals surface area contributed by atoms with Gasteiger partial charge >= 0.3 is 6.03 Å². The van der Waals surface area contributed by atoms with E-state index in [2.05, 4.69) is 15.6 Å². The molecule has 3 heterocycles. The SMILES string of the molecule is O=C(NCc1ccccn1)[C@H]1CCCN(C(=O)Nc2cccs2)C1. The Morgan fingerprint density at radius 2 is 2.21 bits per heavy atom. The van der Waals surface area contributed by atoms with Crippen LogP contribution < -0.4 is 10.6 Å². The van der Waals surface area contributed by atoms with Gasteiger partial charge in [-0.3, -0.25) is 15.1 Å². The van der Waals surface area contributed by atoms with Crippen molar-refractivity contribution in [3.8, 4) is 0 Å². The van der Waals surface area contributed by atoms with Crippen molar-refractivity contribution >= 4 is 28.3 Å². The molecule has 1 saturated heterocycles. The first-order chi connectivity index (χ1) is 11.7. The second kappa shape index (κ2) is 7.92. The molecule has 0 radical (unpaired) electrons. The summed E-state index contributed by atoms with van der Waals surface area (Å²) < 4.78 is 0. The summed E-state index contributed by atoms with van der Waals surface area (Å²) >= 11 is 1.48. The quantitative estimate of drug-likeness (QED) is 0.895. The number of carbonyl (C=O) groups is 2. The number of likely N-dealkylation sites (tertiary alicyclic amines) is 1. The molecule has 0 aromatic carbocycles. The number of amides is 3. The Labute approximate surface area is 144 Å². The fourth-order valence-corrected chi connectivity index (χ4v) is 3.34. The molecule has 0 spiro atoms. The monoisotopic (exact) mass is 344 g/mol. The Morgan fingerprint density at radius 3 is 2.96 bits per heavy atom. The molecule has 2 aromatic rings. The molecular weight excluding hydrogens is 324 g/mol. The number of thiophene rings is 1. The number of carbonyl (C=O) groups excluding carboxylic acids is 2. The number of nitrogens with zero attached hydrogens (tertiary/aromatic N) is 2. The maximum Gasteiger partial charge on any atom is 0.322 e. The molecule has 0 saturated carbocycles. The lowest BCUT2D eigenvalue weighted by molar-refractivity contribution is -0.126. The Morgan fingerprint density at radius 1 is 1.29 bits per heavy atom. The van der Waals surface area contributed by atoms with Crippen molar-refractivity contribution in [3.05, 3.63) is 47.6 Å². The van der Waals surface area contributed by atoms with Gasteiger partial charge in [-0.05, 0) is 42.5 Å². The van der Waals surface area contributed by atoms with E-state index in [-0.39, 0.29) is 17.9 Å². The third kappa shape index (κ3) is 4.32. The second-order valence-electron chi connectivity index (χ2n) is 5.73. The van der Waals surface area contributed by atoms with Gasteiger partial charge in [0.2, 0.25) is 5.91 Å². The van der Waals surface area contributed by atoms with Crippen LogP contribution in [-0.2, 0) is 11.3 Å². The number of nitrogens with one attached hydrogen (secondary N) is 2. The van der Waals surface area contributed by atoms with E-state index in [0.717, 1.165) is 23.5 Å². The molecule has 1 atom stereocenters. The summed E-state index contributed by atoms with van der Waals surface area (Å²) in [5.41, 5.74) is 0.828. The number of rotatable bonds is 4. The highest BCUT2D eigenvalue weighted by atomic mass is 32.1. The summed E-state index contributed by atoms with van der Waals surface area (Å²) in [6.45, 7) is 1.55. The molecule has 6 nitrogen and oxygen atoms in total. The largest absolute Gasteiger partial charge is 0.350 e. The van der Waals surface area contributed by atoms with Crippen molar-refractivity contribution in [3.63, 3.8) is 0 Å². The van der Waals surface area contributed by atoms with E-state index >= 15 is 0 Å². The molecular formula is C17H20N4O2S. The molecule has 3 rings (SSSR count). The van der Waals surface area contributed by atoms with Gasteiger partial charge in [0.15, 0.2) is 0 Å². The van der Waals surface area contributed by atoms with Gasteiger partial charge in [-0.25, -0.2) is 4.79 Å². The highest BCUT2D eigenvalue weighted by molar-refractivity contribution is 7.14. The first-order valence-corrected chi connectivity index (χ1v) is 8.87. The smallest absolute Gasteiger partial charge is 0.322 e. The van der Waals surface area contributed by atoms with Crippen LogP contribution in [0.3, 0.4) is 0 Å². The van der Waals surface area contributed by atoms with Gasteiger partial charge < -0.3 is 10.2 Å². The fourth-order valence-electron chi connectivity index (χ4n) is 2.73. The summed E-state index contributed by atoms with van der Waals surface area (Å²) in [6, 6.07) is 9.23. The Hall–Kier alpha value is -2.41. The van der Waals surface area contributed by atoms with E-state index in [4.69, 9.17) is 0 Å². The molecule has 2 aromatic heterocycles. The number of urea groups is 1. The van der Waals surface area contributed by atoms with Crippen molar-refractivity contribution in [2.24, 2.45) is 5.92 Å². The molecule has 1 aliphatic rings. The van der Waals surface area contributed by atoms with Crippen LogP contribution in [0.5, 0.6) is 0 Å². The van der Waals surface area contributed by atoms with Crippen LogP contribution in [0.4, 0.5) is 9.80 Å². The van der Waals surface area contributed by atoms with E-state index in [1.807, 2.05) is 35.7 Å². The van der Waals surface area contributed by atoms with Crippen LogP contribution in [0.15, 0.2) is 41.9 Å². The predicted octanol–water partition coefficient (Wildman–Crippen LogP) is 2.70. The van der Waals surface area contributed by atoms with Crippen molar-refractivity contribution < 1.29 is 9.59 Å². The lowest BCUT2D eigenvalue weighted by atomic mass is 9.97. The third-order valence-corrected chi connectivity index (χ3v) is 4.79. The second-order valence-corrected chi connectivity index (χ2v) is 6.68. The molecule has 1 fully saturated rings. The van der Waals surface area contributed by atoms with Gasteiger partial charge in [-0.15, -0.1) is 11.3 Å². The zero-order valence-corrected chi connectivity index (χ0v) is 14.1. The van der Waals surface area contributed by atoms with Gasteiger partial charge in [-0.1, -0.05) is 6.07 Å². The average molecular weight is 344 g/mol. The number of piperidine rings is 1. The lowest BCUT2D eigenvalue weighted by Crippen LogP contribution is -2.46. The normalized spacial score (nSPS) is 17.3. The molecule has 3 amide bonds. The van der Waals surface area contributed by atoms with Crippen molar-refractivity contribution in [1.29, 1.82) is 0 Å². The van der Waals surface area contributed by atoms with Crippen LogP contribution in [0.2, 0.25) is 0 Å². The van der Waals surface area contributed by atoms with Crippen LogP contribution in [0, 0.1) is 5.92 Å². The predicted molar refractivity (Wildman–Crippen MR) is 93.7 cm³/mol. The maximum absolute atomic E-state index is 12.4. The fraction of sp³-hybridized carbons (Fsp3) is 0.353. The Balaban J connectivity index is 1.51. The van der Waals surface area contributed by atoms with Gasteiger partial charge in [0.1, 0.15) is 0 Å². The van der Waals surface area contributed by atoms with Gasteiger partial charge in [0.25, 0.3) is 0 Å². The number of aromatic nitrogens is 1. The van der Waals surface area contributed by atoms with Crippen molar-refractivity contribution in [1.82, 2.24) is 15.2 Å². The Bertz CT molecular complexity index is 675. The summed E-state index contributed by atoms with van der Waals surface area (Å²) in [4.78, 5) is 30.6. The van der Waals surface area contributed by atoms with Gasteiger partial charge in [-0.2, -0.15) is 0 Å². The molecule has 0 bridgehead atoms. The van der Waals surface area contributed by atoms with Crippen LogP contribution in [0.25, 0.3) is 0 Å². The van der Waals surface area contributed by atoms with E-state index in [0.29, 0.717) is 19.6 Å². The van der Waals surface area contributed by atoms with Crippen LogP contribution >= 0.6 is 11.3 Å². The highest BCUT2D eigenvalue weighted by Crippen LogP contribution is 2.20. The lowest BCUT2D eigenvalue weighted by Gasteiger charge is -2.31. The number of pyridine rings is 1. The molecule has 24 heavy (non-hydrogen) atoms. The summed E-state index contributed by atoms with van der Waals surface area (Å²) in [7, 11) is 0. The Kier molecular flexibility index (Phi) is 5.43. The average Bonchev–Trinajstić information content (AvgIpc) is 3.13. The third-order valence-electron chi connectivity index (χ3n) is 4.00. The summed E-state index contributed by atoms with van der Waals surface area (Å²) in [6.07, 6.45) is 3.34. The topological polar surface area (TPSA) is 74.3 Å². The molecule has 0 unspecified atom stereocenters. The zero-order chi connectivity index (χ0) is 16.8. The van der Waals surface area contributed by atoms with E-state index in [1.165, 1.54) is 11.3 Å². The minimum absolute atomic E-state index is 0.0192. The van der Waals surface area contributed by atoms with Gasteiger partial charge in [0.05, 0.1) is 23.2 Å². The molecule has 126 valence electrons. The zero-order valence-electron chi connectivity index (χ0n) is 13.3. The minimum Gasteiger partial charge on any atom is -0.350 e. The summed E-state index contributed by atoms with van der Waals surface area (Å²) in [5, 5.41) is 8.53. The van der Waals surface area contributed by atoms with Crippen molar-refractivity contribution in [2.45, 2.75) is 19.4 Å². The highest BCUT2D eigenvalue weighted by Gasteiger charge is 2.28. The van der Waals surface area contributed by atoms with Crippen molar-refractivity contribution in [2.75, 3.05) is 18.4 Å². The number of hydrogen-bond donors (Lipinski definition) is 2. The molecule has 2 N–H and O–H groups in total. The standard InChI is InChI=1S/C17H20N4O2S/c22-16(19-11-14-6-1-2-8-18-14)13-5-3-9-21(12-13)17(23)20-15-7-4-10-24-15/h1-2,4,6-8,10,13H,3,5,9,11-12H2,(H,19,22)(H,20,23)/t13-/m0/s1. The first-order valence-electron chi connectivity index (χ1n) is 7.99. The van der Waals surface area contributed by atoms with Crippen LogP contribution in [0.1, 0.15) is 18.5 Å². The van der Waals surface area contributed by atoms with Crippen LogP contribution in [-0.4, -0.2) is 34.9 Å². The minimum atomic E-state index is -0.170. The number of anilines is 1. The maximum atomic E-state index is 12.4. The van der Waals surface area contributed by atoms with Gasteiger partial charge in [0, 0.05) is 19.3 Å². The molecule has 7 heteroatoms. The molecule has 0 aliphatic carbocycles. The molecule has 1 aliphatic heterocycles. The van der Waals surface area contributed by atoms with E-state index < -0.39 is 0 Å². The summed E-state index contributed by atoms with van der Waals surface area (Å²) in [5.74, 6) is -0.189. The first kappa shape index (κ1) is 16.4.